The van der Waals surface area contributed by atoms with E-state index in [1.807, 2.05) is 7.05 Å². The Kier molecular flexibility index (Phi) is 13.3. The molecule has 1 aliphatic rings. The Bertz CT molecular complexity index is 1670. The van der Waals surface area contributed by atoms with E-state index in [0.29, 0.717) is 62.9 Å². The minimum Gasteiger partial charge on any atom is -0.493 e. The van der Waals surface area contributed by atoms with Crippen LogP contribution in [0, 0.1) is 0 Å². The van der Waals surface area contributed by atoms with Gasteiger partial charge in [-0.2, -0.15) is 0 Å². The van der Waals surface area contributed by atoms with Gasteiger partial charge < -0.3 is 35.3 Å². The topological polar surface area (TPSA) is 87.0 Å². The Labute approximate surface area is 303 Å². The van der Waals surface area contributed by atoms with E-state index in [4.69, 9.17) is 36.9 Å². The van der Waals surface area contributed by atoms with Crippen LogP contribution in [-0.2, 0) is 25.7 Å². The van der Waals surface area contributed by atoms with Gasteiger partial charge in [-0.15, -0.1) is 0 Å². The summed E-state index contributed by atoms with van der Waals surface area (Å²) in [6.45, 7) is 11.0. The largest absolute Gasteiger partial charge is 0.493 e. The zero-order valence-electron chi connectivity index (χ0n) is 30.4. The second kappa shape index (κ2) is 18.0. The molecular weight excluding hydrogens is 643 g/mol. The summed E-state index contributed by atoms with van der Waals surface area (Å²) in [4.78, 5) is 0. The Balaban J connectivity index is 1.81. The predicted octanol–water partition coefficient (Wildman–Crippen LogP) is 9.02. The molecule has 8 heteroatoms. The maximum atomic E-state index is 6.65. The summed E-state index contributed by atoms with van der Waals surface area (Å²) >= 11 is 5.57. The van der Waals surface area contributed by atoms with Gasteiger partial charge in [-0.25, -0.2) is 0 Å². The second-order valence-corrected chi connectivity index (χ2v) is 13.3. The molecule has 0 aliphatic heterocycles. The second-order valence-electron chi connectivity index (χ2n) is 12.9. The predicted molar refractivity (Wildman–Crippen MR) is 210 cm³/mol. The van der Waals surface area contributed by atoms with Crippen molar-refractivity contribution in [1.29, 1.82) is 0 Å². The molecule has 0 heterocycles. The number of fused-ring (bicyclic) bond motifs is 8. The number of hydrogen-bond donors (Lipinski definition) is 3. The molecule has 50 heavy (non-hydrogen) atoms. The number of rotatable bonds is 13. The highest BCUT2D eigenvalue weighted by molar-refractivity contribution is 7.80. The average Bonchev–Trinajstić information content (AvgIpc) is 3.10. The van der Waals surface area contributed by atoms with Gasteiger partial charge in [-0.05, 0) is 84.4 Å². The number of nitrogens with two attached hydrogens (primary N) is 1. The maximum Gasteiger partial charge on any atom is 0.170 e. The SMILES string of the molecule is CCCOc1c2cccc1Cc1cc(NC(=S)NC)cc(c1OCCC)Cc1cccc(c1OCCC)Cc1cc(N)cc(c1OCCC)C2. The highest BCUT2D eigenvalue weighted by Gasteiger charge is 2.23. The number of nitrogens with one attached hydrogen (secondary N) is 2. The lowest BCUT2D eigenvalue weighted by atomic mass is 9.90. The van der Waals surface area contributed by atoms with Crippen molar-refractivity contribution in [3.63, 3.8) is 0 Å². The van der Waals surface area contributed by atoms with E-state index < -0.39 is 0 Å². The van der Waals surface area contributed by atoms with Crippen LogP contribution in [0.25, 0.3) is 0 Å². The molecule has 0 unspecified atom stereocenters. The number of benzene rings is 4. The molecule has 0 saturated heterocycles. The fraction of sp³-hybridized carbons (Fsp3) is 0.405. The Hall–Kier alpha value is -4.43. The van der Waals surface area contributed by atoms with Crippen molar-refractivity contribution in [3.8, 4) is 23.0 Å². The van der Waals surface area contributed by atoms with E-state index >= 15 is 0 Å². The molecule has 0 atom stereocenters. The lowest BCUT2D eigenvalue weighted by Crippen LogP contribution is -2.24. The molecule has 7 nitrogen and oxygen atoms in total. The van der Waals surface area contributed by atoms with Gasteiger partial charge in [0.1, 0.15) is 23.0 Å². The van der Waals surface area contributed by atoms with Gasteiger partial charge in [0.25, 0.3) is 0 Å². The lowest BCUT2D eigenvalue weighted by Gasteiger charge is -2.23. The normalized spacial score (nSPS) is 12.2. The van der Waals surface area contributed by atoms with Crippen LogP contribution < -0.4 is 35.3 Å². The number of anilines is 2. The fourth-order valence-electron chi connectivity index (χ4n) is 6.54. The van der Waals surface area contributed by atoms with Crippen molar-refractivity contribution in [3.05, 3.63) is 105 Å². The first-order valence-corrected chi connectivity index (χ1v) is 18.6. The molecule has 5 rings (SSSR count). The van der Waals surface area contributed by atoms with E-state index in [0.717, 1.165) is 98.9 Å². The van der Waals surface area contributed by atoms with Crippen LogP contribution in [0.1, 0.15) is 97.9 Å². The summed E-state index contributed by atoms with van der Waals surface area (Å²) in [6, 6.07) is 21.3. The highest BCUT2D eigenvalue weighted by Crippen LogP contribution is 2.40. The van der Waals surface area contributed by atoms with Gasteiger partial charge in [0.05, 0.1) is 26.4 Å². The van der Waals surface area contributed by atoms with Crippen LogP contribution in [0.4, 0.5) is 11.4 Å². The summed E-state index contributed by atoms with van der Waals surface area (Å²) in [5.41, 5.74) is 16.9. The van der Waals surface area contributed by atoms with Gasteiger partial charge in [0.2, 0.25) is 0 Å². The van der Waals surface area contributed by atoms with Crippen molar-refractivity contribution >= 4 is 28.7 Å². The maximum absolute atomic E-state index is 6.65. The molecular formula is C42H53N3O4S. The van der Waals surface area contributed by atoms with Crippen molar-refractivity contribution in [1.82, 2.24) is 5.32 Å². The van der Waals surface area contributed by atoms with E-state index in [1.54, 1.807) is 0 Å². The van der Waals surface area contributed by atoms with Crippen molar-refractivity contribution < 1.29 is 18.9 Å². The zero-order valence-corrected chi connectivity index (χ0v) is 31.2. The first-order chi connectivity index (χ1) is 24.4. The molecule has 0 radical (unpaired) electrons. The molecule has 8 bridgehead atoms. The third kappa shape index (κ3) is 9.02. The quantitative estimate of drug-likeness (QED) is 0.0831. The number of thiocarbonyl (C=S) groups is 1. The molecule has 1 aliphatic carbocycles. The molecule has 266 valence electrons. The Morgan fingerprint density at radius 3 is 1.20 bits per heavy atom. The number of hydrogen-bond acceptors (Lipinski definition) is 6. The number of ether oxygens (including phenoxy) is 4. The van der Waals surface area contributed by atoms with Gasteiger partial charge >= 0.3 is 0 Å². The monoisotopic (exact) mass is 695 g/mol. The summed E-state index contributed by atoms with van der Waals surface area (Å²) in [5.74, 6) is 3.59. The molecule has 0 amide bonds. The molecule has 0 saturated carbocycles. The highest BCUT2D eigenvalue weighted by atomic mass is 32.1. The molecule has 4 aromatic rings. The van der Waals surface area contributed by atoms with Crippen molar-refractivity contribution in [2.45, 2.75) is 79.1 Å². The van der Waals surface area contributed by atoms with E-state index in [-0.39, 0.29) is 0 Å². The fourth-order valence-corrected chi connectivity index (χ4v) is 6.66. The van der Waals surface area contributed by atoms with Crippen LogP contribution in [0.2, 0.25) is 0 Å². The Morgan fingerprint density at radius 2 is 0.880 bits per heavy atom. The lowest BCUT2D eigenvalue weighted by molar-refractivity contribution is 0.304. The number of nitrogen functional groups attached to an aromatic ring is 1. The zero-order chi connectivity index (χ0) is 35.5. The van der Waals surface area contributed by atoms with Crippen molar-refractivity contribution in [2.24, 2.45) is 0 Å². The minimum atomic E-state index is 0.552. The van der Waals surface area contributed by atoms with Gasteiger partial charge in [0, 0.05) is 66.4 Å². The van der Waals surface area contributed by atoms with Crippen LogP contribution in [0.3, 0.4) is 0 Å². The van der Waals surface area contributed by atoms with Crippen LogP contribution in [0.5, 0.6) is 23.0 Å². The standard InChI is InChI=1S/C42H53N3O4S/c1-6-16-46-38-28-12-10-14-30(38)22-34-26-37(45-42(50)44-5)27-35(41(34)49-19-9-4)23-31-15-11-13-29(39(31)47-17-7-2)21-33-25-36(43)24-32(20-28)40(33)48-18-8-3/h10-15,24-27H,6-9,16-23,43H2,1-5H3,(H2,44,45,50). The first-order valence-electron chi connectivity index (χ1n) is 18.2. The molecule has 0 aromatic heterocycles. The third-order valence-corrected chi connectivity index (χ3v) is 8.98. The summed E-state index contributed by atoms with van der Waals surface area (Å²) in [7, 11) is 1.83. The number of para-hydroxylation sites is 2. The molecule has 4 N–H and O–H groups in total. The van der Waals surface area contributed by atoms with Gasteiger partial charge in [-0.1, -0.05) is 64.1 Å². The average molecular weight is 696 g/mol. The van der Waals surface area contributed by atoms with Gasteiger partial charge in [-0.3, -0.25) is 0 Å². The minimum absolute atomic E-state index is 0.552. The summed E-state index contributed by atoms with van der Waals surface area (Å²) < 4.78 is 26.4. The molecule has 0 spiro atoms. The van der Waals surface area contributed by atoms with E-state index in [1.165, 1.54) is 0 Å². The summed E-state index contributed by atoms with van der Waals surface area (Å²) in [6.07, 6.45) is 6.06. The van der Waals surface area contributed by atoms with Crippen LogP contribution in [0.15, 0.2) is 60.7 Å². The van der Waals surface area contributed by atoms with Crippen molar-refractivity contribution in [2.75, 3.05) is 44.5 Å². The van der Waals surface area contributed by atoms with Crippen LogP contribution in [-0.4, -0.2) is 38.6 Å². The molecule has 0 fully saturated rings. The van der Waals surface area contributed by atoms with E-state index in [2.05, 4.69) is 99.0 Å². The Morgan fingerprint density at radius 1 is 0.560 bits per heavy atom. The van der Waals surface area contributed by atoms with Gasteiger partial charge in [0.15, 0.2) is 5.11 Å². The first kappa shape index (κ1) is 36.8. The van der Waals surface area contributed by atoms with Crippen LogP contribution >= 0.6 is 12.2 Å². The summed E-state index contributed by atoms with van der Waals surface area (Å²) in [5, 5.41) is 7.01. The molecule has 4 aromatic carbocycles. The van der Waals surface area contributed by atoms with E-state index in [9.17, 15) is 0 Å². The third-order valence-electron chi connectivity index (χ3n) is 8.67. The smallest absolute Gasteiger partial charge is 0.170 e.